The number of fused-ring (bicyclic) bond motifs is 1. The molecule has 1 amide bonds. The van der Waals surface area contributed by atoms with Crippen LogP contribution in [-0.2, 0) is 11.2 Å². The van der Waals surface area contributed by atoms with E-state index < -0.39 is 12.0 Å². The van der Waals surface area contributed by atoms with E-state index in [0.717, 1.165) is 11.1 Å². The number of aliphatic carboxylic acids is 1. The van der Waals surface area contributed by atoms with Gasteiger partial charge in [-0.25, -0.2) is 4.79 Å². The topological polar surface area (TPSA) is 66.4 Å². The van der Waals surface area contributed by atoms with Crippen molar-refractivity contribution < 1.29 is 14.7 Å². The minimum Gasteiger partial charge on any atom is -0.480 e. The fourth-order valence-electron chi connectivity index (χ4n) is 1.91. The van der Waals surface area contributed by atoms with Crippen LogP contribution in [0.5, 0.6) is 0 Å². The number of hydrogen-bond acceptors (Lipinski definition) is 2. The standard InChI is InChI=1S/C12H13NO3/c1-7-2-3-8-4-5-10(12(15)16)13-11(14)9(8)6-7/h2-3,6,10H,4-5H2,1H3,(H,13,14)(H,15,16). The van der Waals surface area contributed by atoms with E-state index in [9.17, 15) is 9.59 Å². The molecular formula is C12H13NO3. The molecule has 1 aliphatic rings. The second-order valence-electron chi connectivity index (χ2n) is 4.06. The first kappa shape index (κ1) is 10.7. The van der Waals surface area contributed by atoms with E-state index in [-0.39, 0.29) is 5.91 Å². The Morgan fingerprint density at radius 2 is 2.25 bits per heavy atom. The molecule has 1 aromatic rings. The van der Waals surface area contributed by atoms with Gasteiger partial charge in [0.25, 0.3) is 5.91 Å². The summed E-state index contributed by atoms with van der Waals surface area (Å²) < 4.78 is 0. The highest BCUT2D eigenvalue weighted by Gasteiger charge is 2.25. The molecule has 1 heterocycles. The van der Waals surface area contributed by atoms with Gasteiger partial charge < -0.3 is 10.4 Å². The van der Waals surface area contributed by atoms with Crippen LogP contribution in [0.4, 0.5) is 0 Å². The van der Waals surface area contributed by atoms with Crippen molar-refractivity contribution >= 4 is 11.9 Å². The second-order valence-corrected chi connectivity index (χ2v) is 4.06. The Bertz CT molecular complexity index is 454. The van der Waals surface area contributed by atoms with Crippen LogP contribution in [0, 0.1) is 6.92 Å². The van der Waals surface area contributed by atoms with Gasteiger partial charge in [-0.2, -0.15) is 0 Å². The first-order chi connectivity index (χ1) is 7.58. The van der Waals surface area contributed by atoms with E-state index in [0.29, 0.717) is 18.4 Å². The molecule has 1 unspecified atom stereocenters. The molecule has 0 spiro atoms. The fourth-order valence-corrected chi connectivity index (χ4v) is 1.91. The molecule has 0 radical (unpaired) electrons. The lowest BCUT2D eigenvalue weighted by atomic mass is 10.0. The molecule has 0 fully saturated rings. The van der Waals surface area contributed by atoms with Crippen molar-refractivity contribution in [2.75, 3.05) is 0 Å². The first-order valence-electron chi connectivity index (χ1n) is 5.21. The van der Waals surface area contributed by atoms with E-state index >= 15 is 0 Å². The summed E-state index contributed by atoms with van der Waals surface area (Å²) in [6.45, 7) is 1.91. The maximum absolute atomic E-state index is 11.8. The van der Waals surface area contributed by atoms with Crippen LogP contribution in [0.2, 0.25) is 0 Å². The molecule has 0 aromatic heterocycles. The van der Waals surface area contributed by atoms with E-state index in [1.807, 2.05) is 19.1 Å². The Labute approximate surface area is 93.3 Å². The Kier molecular flexibility index (Phi) is 2.64. The molecule has 16 heavy (non-hydrogen) atoms. The molecule has 84 valence electrons. The van der Waals surface area contributed by atoms with Crippen molar-refractivity contribution in [1.29, 1.82) is 0 Å². The molecule has 2 rings (SSSR count). The summed E-state index contributed by atoms with van der Waals surface area (Å²) in [5.74, 6) is -1.26. The van der Waals surface area contributed by atoms with Crippen LogP contribution in [0.3, 0.4) is 0 Å². The highest BCUT2D eigenvalue weighted by molar-refractivity contribution is 5.98. The van der Waals surface area contributed by atoms with E-state index in [4.69, 9.17) is 5.11 Å². The number of nitrogens with one attached hydrogen (secondary N) is 1. The molecule has 2 N–H and O–H groups in total. The summed E-state index contributed by atoms with van der Waals surface area (Å²) >= 11 is 0. The average Bonchev–Trinajstić information content (AvgIpc) is 2.39. The van der Waals surface area contributed by atoms with Gasteiger partial charge in [0.05, 0.1) is 0 Å². The molecule has 4 heteroatoms. The third kappa shape index (κ3) is 1.91. The molecule has 1 aliphatic heterocycles. The van der Waals surface area contributed by atoms with Gasteiger partial charge in [0.15, 0.2) is 0 Å². The summed E-state index contributed by atoms with van der Waals surface area (Å²) in [7, 11) is 0. The molecular weight excluding hydrogens is 206 g/mol. The summed E-state index contributed by atoms with van der Waals surface area (Å²) in [4.78, 5) is 22.7. The van der Waals surface area contributed by atoms with Gasteiger partial charge in [-0.15, -0.1) is 0 Å². The quantitative estimate of drug-likeness (QED) is 0.744. The summed E-state index contributed by atoms with van der Waals surface area (Å²) in [5.41, 5.74) is 2.53. The first-order valence-corrected chi connectivity index (χ1v) is 5.21. The van der Waals surface area contributed by atoms with Crippen molar-refractivity contribution in [3.63, 3.8) is 0 Å². The maximum Gasteiger partial charge on any atom is 0.326 e. The third-order valence-corrected chi connectivity index (χ3v) is 2.82. The second kappa shape index (κ2) is 3.96. The van der Waals surface area contributed by atoms with Crippen molar-refractivity contribution in [2.45, 2.75) is 25.8 Å². The predicted molar refractivity (Wildman–Crippen MR) is 58.4 cm³/mol. The minimum absolute atomic E-state index is 0.288. The summed E-state index contributed by atoms with van der Waals surface area (Å²) in [5, 5.41) is 11.4. The van der Waals surface area contributed by atoms with Gasteiger partial charge >= 0.3 is 5.97 Å². The molecule has 0 saturated carbocycles. The Hall–Kier alpha value is -1.84. The van der Waals surface area contributed by atoms with Crippen LogP contribution < -0.4 is 5.32 Å². The molecule has 0 saturated heterocycles. The normalized spacial score (nSPS) is 19.6. The van der Waals surface area contributed by atoms with Crippen LogP contribution in [0.1, 0.15) is 27.9 Å². The largest absolute Gasteiger partial charge is 0.480 e. The van der Waals surface area contributed by atoms with Gasteiger partial charge in [0.1, 0.15) is 6.04 Å². The average molecular weight is 219 g/mol. The molecule has 1 aromatic carbocycles. The van der Waals surface area contributed by atoms with Crippen LogP contribution in [-0.4, -0.2) is 23.0 Å². The van der Waals surface area contributed by atoms with Crippen molar-refractivity contribution in [3.8, 4) is 0 Å². The zero-order valence-electron chi connectivity index (χ0n) is 8.99. The number of amides is 1. The Balaban J connectivity index is 2.36. The SMILES string of the molecule is Cc1ccc2c(c1)C(=O)NC(C(=O)O)CC2. The summed E-state index contributed by atoms with van der Waals surface area (Å²) in [6.07, 6.45) is 1.06. The van der Waals surface area contributed by atoms with E-state index in [1.165, 1.54) is 0 Å². The Morgan fingerprint density at radius 1 is 1.50 bits per heavy atom. The number of carbonyl (C=O) groups is 2. The number of hydrogen-bond donors (Lipinski definition) is 2. The lowest BCUT2D eigenvalue weighted by molar-refractivity contribution is -0.139. The smallest absolute Gasteiger partial charge is 0.326 e. The van der Waals surface area contributed by atoms with E-state index in [2.05, 4.69) is 5.32 Å². The van der Waals surface area contributed by atoms with Crippen molar-refractivity contribution in [1.82, 2.24) is 5.32 Å². The number of carboxylic acid groups (broad SMARTS) is 1. The van der Waals surface area contributed by atoms with Crippen molar-refractivity contribution in [3.05, 3.63) is 34.9 Å². The zero-order chi connectivity index (χ0) is 11.7. The van der Waals surface area contributed by atoms with Crippen LogP contribution in [0.15, 0.2) is 18.2 Å². The number of benzene rings is 1. The minimum atomic E-state index is -0.974. The highest BCUT2D eigenvalue weighted by Crippen LogP contribution is 2.18. The lowest BCUT2D eigenvalue weighted by Gasteiger charge is -2.09. The fraction of sp³-hybridized carbons (Fsp3) is 0.333. The zero-order valence-corrected chi connectivity index (χ0v) is 8.99. The monoisotopic (exact) mass is 219 g/mol. The maximum atomic E-state index is 11.8. The van der Waals surface area contributed by atoms with Gasteiger partial charge in [0, 0.05) is 5.56 Å². The highest BCUT2D eigenvalue weighted by atomic mass is 16.4. The summed E-state index contributed by atoms with van der Waals surface area (Å²) in [6, 6.07) is 4.86. The van der Waals surface area contributed by atoms with E-state index in [1.54, 1.807) is 6.07 Å². The molecule has 4 nitrogen and oxygen atoms in total. The van der Waals surface area contributed by atoms with Crippen LogP contribution in [0.25, 0.3) is 0 Å². The van der Waals surface area contributed by atoms with Gasteiger partial charge in [-0.1, -0.05) is 17.7 Å². The van der Waals surface area contributed by atoms with Gasteiger partial charge in [0.2, 0.25) is 0 Å². The number of carboxylic acids is 1. The number of rotatable bonds is 1. The van der Waals surface area contributed by atoms with Crippen LogP contribution >= 0.6 is 0 Å². The third-order valence-electron chi connectivity index (χ3n) is 2.82. The van der Waals surface area contributed by atoms with Gasteiger partial charge in [-0.05, 0) is 31.4 Å². The number of aryl methyl sites for hydroxylation is 2. The number of carbonyl (C=O) groups excluding carboxylic acids is 1. The van der Waals surface area contributed by atoms with Gasteiger partial charge in [-0.3, -0.25) is 4.79 Å². The Morgan fingerprint density at radius 3 is 2.94 bits per heavy atom. The lowest BCUT2D eigenvalue weighted by Crippen LogP contribution is -2.39. The molecule has 0 aliphatic carbocycles. The predicted octanol–water partition coefficient (Wildman–Crippen LogP) is 1.12. The molecule has 0 bridgehead atoms. The van der Waals surface area contributed by atoms with Crippen molar-refractivity contribution in [2.24, 2.45) is 0 Å². The molecule has 1 atom stereocenters.